The summed E-state index contributed by atoms with van der Waals surface area (Å²) in [5.41, 5.74) is -1.51. The highest BCUT2D eigenvalue weighted by molar-refractivity contribution is 7.91. The molecule has 2 aromatic carbocycles. The van der Waals surface area contributed by atoms with Gasteiger partial charge in [-0.05, 0) is 57.9 Å². The zero-order chi connectivity index (χ0) is 26.4. The third-order valence-corrected chi connectivity index (χ3v) is 8.03. The van der Waals surface area contributed by atoms with E-state index in [0.717, 1.165) is 0 Å². The number of benzene rings is 2. The van der Waals surface area contributed by atoms with Crippen molar-refractivity contribution in [3.8, 4) is 11.4 Å². The largest absolute Gasteiger partial charge is 0.435 e. The minimum atomic E-state index is -3.16. The number of imidazole rings is 1. The molecule has 36 heavy (non-hydrogen) atoms. The Balaban J connectivity index is 1.80. The lowest BCUT2D eigenvalue weighted by atomic mass is 9.94. The van der Waals surface area contributed by atoms with Gasteiger partial charge in [-0.3, -0.25) is 13.9 Å². The third-order valence-electron chi connectivity index (χ3n) is 6.38. The number of carbonyl (C=O) groups is 1. The Morgan fingerprint density at radius 2 is 1.81 bits per heavy atom. The van der Waals surface area contributed by atoms with Crippen molar-refractivity contribution in [2.45, 2.75) is 51.8 Å². The van der Waals surface area contributed by atoms with E-state index in [-0.39, 0.29) is 52.4 Å². The minimum Gasteiger partial charge on any atom is -0.435 e. The van der Waals surface area contributed by atoms with Crippen molar-refractivity contribution in [1.29, 1.82) is 0 Å². The van der Waals surface area contributed by atoms with Crippen LogP contribution in [0.2, 0.25) is 0 Å². The molecule has 1 N–H and O–H groups in total. The van der Waals surface area contributed by atoms with Gasteiger partial charge in [-0.25, -0.2) is 17.6 Å². The number of fused-ring (bicyclic) bond motifs is 1. The number of carbonyl (C=O) groups excluding carboxylic acids is 1. The molecule has 1 aliphatic heterocycles. The van der Waals surface area contributed by atoms with Gasteiger partial charge in [0.25, 0.3) is 5.91 Å². The number of hydrogen-bond acceptors (Lipinski definition) is 5. The predicted octanol–water partition coefficient (Wildman–Crippen LogP) is 3.81. The second-order valence-electron chi connectivity index (χ2n) is 9.42. The maximum Gasteiger partial charge on any atom is 0.387 e. The second kappa shape index (κ2) is 9.30. The molecule has 0 saturated carbocycles. The number of nitrogens with zero attached hydrogens (tertiary/aromatic N) is 2. The molecule has 8 nitrogen and oxygen atoms in total. The Hall–Kier alpha value is -3.28. The Bertz CT molecular complexity index is 1480. The van der Waals surface area contributed by atoms with E-state index in [1.54, 1.807) is 20.8 Å². The highest BCUT2D eigenvalue weighted by Crippen LogP contribution is 2.29. The average Bonchev–Trinajstić information content (AvgIpc) is 3.09. The molecule has 0 atom stereocenters. The SMILES string of the molecule is CC(C)n1c(=O)n(-c2cccc(OC(F)F)c2)c2ccc(C(=O)NC3(C)CCS(=O)(=O)CC3)c(F)c21. The highest BCUT2D eigenvalue weighted by Gasteiger charge is 2.35. The van der Waals surface area contributed by atoms with Gasteiger partial charge in [0.2, 0.25) is 0 Å². The van der Waals surface area contributed by atoms with Gasteiger partial charge in [-0.2, -0.15) is 8.78 Å². The summed E-state index contributed by atoms with van der Waals surface area (Å²) in [5.74, 6) is -1.95. The average molecular weight is 526 g/mol. The zero-order valence-electron chi connectivity index (χ0n) is 19.9. The topological polar surface area (TPSA) is 99.4 Å². The summed E-state index contributed by atoms with van der Waals surface area (Å²) < 4.78 is 71.6. The Kier molecular flexibility index (Phi) is 6.67. The molecule has 1 saturated heterocycles. The molecule has 0 spiro atoms. The van der Waals surface area contributed by atoms with Gasteiger partial charge >= 0.3 is 12.3 Å². The number of rotatable bonds is 6. The molecule has 0 bridgehead atoms. The highest BCUT2D eigenvalue weighted by atomic mass is 32.2. The van der Waals surface area contributed by atoms with Crippen molar-refractivity contribution < 1.29 is 31.1 Å². The molecular formula is C24H26F3N3O5S. The van der Waals surface area contributed by atoms with Crippen molar-refractivity contribution in [3.05, 3.63) is 58.3 Å². The first-order chi connectivity index (χ1) is 16.8. The van der Waals surface area contributed by atoms with Gasteiger partial charge in [-0.1, -0.05) is 6.07 Å². The summed E-state index contributed by atoms with van der Waals surface area (Å²) in [6.45, 7) is 2.01. The lowest BCUT2D eigenvalue weighted by molar-refractivity contribution is -0.0498. The van der Waals surface area contributed by atoms with Crippen LogP contribution in [0.4, 0.5) is 13.2 Å². The van der Waals surface area contributed by atoms with Crippen molar-refractivity contribution in [1.82, 2.24) is 14.5 Å². The molecule has 0 aliphatic carbocycles. The molecule has 12 heteroatoms. The lowest BCUT2D eigenvalue weighted by Gasteiger charge is -2.34. The summed E-state index contributed by atoms with van der Waals surface area (Å²) in [5, 5.41) is 2.76. The predicted molar refractivity (Wildman–Crippen MR) is 128 cm³/mol. The quantitative estimate of drug-likeness (QED) is 0.528. The smallest absolute Gasteiger partial charge is 0.387 e. The molecule has 0 radical (unpaired) electrons. The van der Waals surface area contributed by atoms with Crippen molar-refractivity contribution in [2.75, 3.05) is 11.5 Å². The van der Waals surface area contributed by atoms with Crippen LogP contribution >= 0.6 is 0 Å². The summed E-state index contributed by atoms with van der Waals surface area (Å²) in [6, 6.07) is 7.66. The molecular weight excluding hydrogens is 499 g/mol. The molecule has 2 heterocycles. The third kappa shape index (κ3) is 4.86. The Morgan fingerprint density at radius 1 is 1.14 bits per heavy atom. The van der Waals surface area contributed by atoms with Crippen LogP contribution in [-0.4, -0.2) is 47.1 Å². The Morgan fingerprint density at radius 3 is 2.42 bits per heavy atom. The van der Waals surface area contributed by atoms with Crippen molar-refractivity contribution >= 4 is 26.8 Å². The number of halogens is 3. The van der Waals surface area contributed by atoms with E-state index in [2.05, 4.69) is 10.1 Å². The van der Waals surface area contributed by atoms with Crippen LogP contribution in [0.25, 0.3) is 16.7 Å². The van der Waals surface area contributed by atoms with Crippen LogP contribution in [0.5, 0.6) is 5.75 Å². The number of amides is 1. The molecule has 1 amide bonds. The molecule has 4 rings (SSSR count). The van der Waals surface area contributed by atoms with E-state index in [9.17, 15) is 26.8 Å². The van der Waals surface area contributed by atoms with E-state index in [0.29, 0.717) is 0 Å². The normalized spacial score (nSPS) is 17.0. The molecule has 3 aromatic rings. The fourth-order valence-corrected chi connectivity index (χ4v) is 6.16. The van der Waals surface area contributed by atoms with E-state index in [1.165, 1.54) is 45.5 Å². The molecule has 0 unspecified atom stereocenters. The van der Waals surface area contributed by atoms with Gasteiger partial charge in [0, 0.05) is 17.6 Å². The summed E-state index contributed by atoms with van der Waals surface area (Å²) >= 11 is 0. The zero-order valence-corrected chi connectivity index (χ0v) is 20.7. The lowest BCUT2D eigenvalue weighted by Crippen LogP contribution is -2.51. The number of aromatic nitrogens is 2. The minimum absolute atomic E-state index is 0.0740. The summed E-state index contributed by atoms with van der Waals surface area (Å²) in [6.07, 6.45) is 0.407. The maximum absolute atomic E-state index is 15.8. The van der Waals surface area contributed by atoms with E-state index in [1.807, 2.05) is 0 Å². The molecule has 1 aliphatic rings. The number of alkyl halides is 2. The maximum atomic E-state index is 15.8. The number of sulfone groups is 1. The van der Waals surface area contributed by atoms with Crippen molar-refractivity contribution in [2.24, 2.45) is 0 Å². The first-order valence-electron chi connectivity index (χ1n) is 11.4. The number of nitrogens with one attached hydrogen (secondary N) is 1. The van der Waals surface area contributed by atoms with Crippen LogP contribution in [0.1, 0.15) is 50.0 Å². The Labute approximate surface area is 205 Å². The second-order valence-corrected chi connectivity index (χ2v) is 11.7. The van der Waals surface area contributed by atoms with Crippen LogP contribution in [0.15, 0.2) is 41.2 Å². The molecule has 194 valence electrons. The van der Waals surface area contributed by atoms with Crippen LogP contribution in [0, 0.1) is 5.82 Å². The number of ether oxygens (including phenoxy) is 1. The monoisotopic (exact) mass is 525 g/mol. The van der Waals surface area contributed by atoms with Gasteiger partial charge in [-0.15, -0.1) is 0 Å². The van der Waals surface area contributed by atoms with Gasteiger partial charge < -0.3 is 10.1 Å². The number of hydrogen-bond donors (Lipinski definition) is 1. The first kappa shape index (κ1) is 25.8. The van der Waals surface area contributed by atoms with Gasteiger partial charge in [0.15, 0.2) is 5.82 Å². The van der Waals surface area contributed by atoms with Crippen molar-refractivity contribution in [3.63, 3.8) is 0 Å². The summed E-state index contributed by atoms with van der Waals surface area (Å²) in [7, 11) is -3.16. The van der Waals surface area contributed by atoms with E-state index in [4.69, 9.17) is 0 Å². The van der Waals surface area contributed by atoms with Gasteiger partial charge in [0.1, 0.15) is 21.1 Å². The van der Waals surface area contributed by atoms with Crippen LogP contribution in [-0.2, 0) is 9.84 Å². The molecule has 1 aromatic heterocycles. The van der Waals surface area contributed by atoms with Crippen LogP contribution in [0.3, 0.4) is 0 Å². The fraction of sp³-hybridized carbons (Fsp3) is 0.417. The standard InChI is InChI=1S/C24H26F3N3O5S/c1-14(2)29-20-18(30(23(29)32)15-5-4-6-16(13-15)35-22(26)27)8-7-17(19(20)25)21(31)28-24(3)9-11-36(33,34)12-10-24/h4-8,13-14,22H,9-12H2,1-3H3,(H,28,31). The van der Waals surface area contributed by atoms with E-state index < -0.39 is 45.4 Å². The van der Waals surface area contributed by atoms with Crippen LogP contribution < -0.4 is 15.7 Å². The fourth-order valence-electron chi connectivity index (χ4n) is 4.43. The molecule has 1 fully saturated rings. The van der Waals surface area contributed by atoms with E-state index >= 15 is 4.39 Å². The first-order valence-corrected chi connectivity index (χ1v) is 13.2. The summed E-state index contributed by atoms with van der Waals surface area (Å²) in [4.78, 5) is 26.4. The van der Waals surface area contributed by atoms with Gasteiger partial charge in [0.05, 0.1) is 28.3 Å².